The summed E-state index contributed by atoms with van der Waals surface area (Å²) in [5.41, 5.74) is 10.9. The standard InChI is InChI=1S/C21H24FN3/c1-3-15(2)14-25-11-10-21(24-25)20-12-17(4-5-18(20)13-23)16-6-8-19(22)9-7-16/h4-12,15H,3,13-14,23H2,1-2H3. The second-order valence-corrected chi connectivity index (χ2v) is 6.52. The average Bonchev–Trinajstić information content (AvgIpc) is 3.10. The number of halogens is 1. The maximum Gasteiger partial charge on any atom is 0.123 e. The van der Waals surface area contributed by atoms with Gasteiger partial charge in [-0.25, -0.2) is 4.39 Å². The average molecular weight is 337 g/mol. The number of nitrogens with two attached hydrogens (primary N) is 1. The largest absolute Gasteiger partial charge is 0.326 e. The first kappa shape index (κ1) is 17.4. The van der Waals surface area contributed by atoms with E-state index in [1.165, 1.54) is 12.1 Å². The quantitative estimate of drug-likeness (QED) is 0.698. The molecule has 2 aromatic carbocycles. The summed E-state index contributed by atoms with van der Waals surface area (Å²) in [5, 5.41) is 4.73. The van der Waals surface area contributed by atoms with E-state index >= 15 is 0 Å². The van der Waals surface area contributed by atoms with Gasteiger partial charge in [0.25, 0.3) is 0 Å². The molecule has 0 saturated heterocycles. The number of hydrogen-bond donors (Lipinski definition) is 1. The van der Waals surface area contributed by atoms with Crippen molar-refractivity contribution in [1.82, 2.24) is 9.78 Å². The molecule has 1 unspecified atom stereocenters. The van der Waals surface area contributed by atoms with Crippen LogP contribution in [0.2, 0.25) is 0 Å². The molecule has 3 nitrogen and oxygen atoms in total. The molecule has 1 atom stereocenters. The van der Waals surface area contributed by atoms with Crippen LogP contribution in [0.25, 0.3) is 22.4 Å². The molecule has 1 aromatic heterocycles. The fraction of sp³-hybridized carbons (Fsp3) is 0.286. The van der Waals surface area contributed by atoms with Gasteiger partial charge in [-0.15, -0.1) is 0 Å². The number of rotatable bonds is 6. The molecule has 130 valence electrons. The molecule has 3 rings (SSSR count). The van der Waals surface area contributed by atoms with Gasteiger partial charge in [0, 0.05) is 24.8 Å². The number of nitrogens with zero attached hydrogens (tertiary/aromatic N) is 2. The summed E-state index contributed by atoms with van der Waals surface area (Å²) < 4.78 is 15.2. The molecule has 4 heteroatoms. The third kappa shape index (κ3) is 3.97. The van der Waals surface area contributed by atoms with Crippen LogP contribution in [0.3, 0.4) is 0 Å². The Kier molecular flexibility index (Phi) is 5.29. The van der Waals surface area contributed by atoms with Gasteiger partial charge in [-0.05, 0) is 46.9 Å². The Bertz CT molecular complexity index is 837. The van der Waals surface area contributed by atoms with Crippen molar-refractivity contribution in [3.8, 4) is 22.4 Å². The van der Waals surface area contributed by atoms with Crippen molar-refractivity contribution in [2.75, 3.05) is 0 Å². The van der Waals surface area contributed by atoms with E-state index in [4.69, 9.17) is 10.8 Å². The highest BCUT2D eigenvalue weighted by Gasteiger charge is 2.11. The van der Waals surface area contributed by atoms with Gasteiger partial charge in [0.2, 0.25) is 0 Å². The van der Waals surface area contributed by atoms with Crippen molar-refractivity contribution in [2.45, 2.75) is 33.4 Å². The molecule has 0 aliphatic rings. The third-order valence-corrected chi connectivity index (χ3v) is 4.62. The minimum atomic E-state index is -0.230. The van der Waals surface area contributed by atoms with Gasteiger partial charge < -0.3 is 5.73 Å². The molecule has 0 fully saturated rings. The summed E-state index contributed by atoms with van der Waals surface area (Å²) in [6.45, 7) is 5.78. The SMILES string of the molecule is CCC(C)Cn1ccc(-c2cc(-c3ccc(F)cc3)ccc2CN)n1. The highest BCUT2D eigenvalue weighted by atomic mass is 19.1. The summed E-state index contributed by atoms with van der Waals surface area (Å²) in [4.78, 5) is 0. The molecule has 0 aliphatic carbocycles. The van der Waals surface area contributed by atoms with E-state index < -0.39 is 0 Å². The molecule has 0 radical (unpaired) electrons. The highest BCUT2D eigenvalue weighted by Crippen LogP contribution is 2.29. The zero-order chi connectivity index (χ0) is 17.8. The lowest BCUT2D eigenvalue weighted by Crippen LogP contribution is -2.07. The van der Waals surface area contributed by atoms with Crippen LogP contribution in [-0.4, -0.2) is 9.78 Å². The molecule has 25 heavy (non-hydrogen) atoms. The number of benzene rings is 2. The van der Waals surface area contributed by atoms with Crippen molar-refractivity contribution < 1.29 is 4.39 Å². The summed E-state index contributed by atoms with van der Waals surface area (Å²) in [7, 11) is 0. The van der Waals surface area contributed by atoms with Gasteiger partial charge in [0.1, 0.15) is 5.82 Å². The summed E-state index contributed by atoms with van der Waals surface area (Å²) in [6.07, 6.45) is 3.15. The maximum atomic E-state index is 13.2. The molecule has 0 amide bonds. The van der Waals surface area contributed by atoms with Crippen LogP contribution in [0, 0.1) is 11.7 Å². The molecule has 0 aliphatic heterocycles. The van der Waals surface area contributed by atoms with Crippen LogP contribution in [-0.2, 0) is 13.1 Å². The minimum Gasteiger partial charge on any atom is -0.326 e. The van der Waals surface area contributed by atoms with E-state index in [1.54, 1.807) is 12.1 Å². The zero-order valence-electron chi connectivity index (χ0n) is 14.7. The van der Waals surface area contributed by atoms with Crippen molar-refractivity contribution in [2.24, 2.45) is 11.7 Å². The normalized spacial score (nSPS) is 12.3. The fourth-order valence-corrected chi connectivity index (χ4v) is 2.87. The first-order chi connectivity index (χ1) is 12.1. The van der Waals surface area contributed by atoms with Crippen molar-refractivity contribution >= 4 is 0 Å². The summed E-state index contributed by atoms with van der Waals surface area (Å²) >= 11 is 0. The first-order valence-corrected chi connectivity index (χ1v) is 8.73. The molecule has 0 spiro atoms. The van der Waals surface area contributed by atoms with Crippen LogP contribution >= 0.6 is 0 Å². The van der Waals surface area contributed by atoms with Gasteiger partial charge in [-0.1, -0.05) is 44.5 Å². The Morgan fingerprint density at radius 3 is 2.48 bits per heavy atom. The zero-order valence-corrected chi connectivity index (χ0v) is 14.7. The Hall–Kier alpha value is -2.46. The molecule has 1 heterocycles. The van der Waals surface area contributed by atoms with Crippen molar-refractivity contribution in [3.63, 3.8) is 0 Å². The second kappa shape index (κ2) is 7.62. The van der Waals surface area contributed by atoms with Gasteiger partial charge in [0.05, 0.1) is 5.69 Å². The third-order valence-electron chi connectivity index (χ3n) is 4.62. The van der Waals surface area contributed by atoms with Crippen molar-refractivity contribution in [1.29, 1.82) is 0 Å². The smallest absolute Gasteiger partial charge is 0.123 e. The lowest BCUT2D eigenvalue weighted by Gasteiger charge is -2.10. The van der Waals surface area contributed by atoms with Crippen LogP contribution in [0.5, 0.6) is 0 Å². The monoisotopic (exact) mass is 337 g/mol. The van der Waals surface area contributed by atoms with Crippen LogP contribution in [0.15, 0.2) is 54.7 Å². The highest BCUT2D eigenvalue weighted by molar-refractivity contribution is 5.73. The van der Waals surface area contributed by atoms with E-state index in [0.29, 0.717) is 12.5 Å². The molecule has 2 N–H and O–H groups in total. The molecular formula is C21H24FN3. The molecular weight excluding hydrogens is 313 g/mol. The predicted octanol–water partition coefficient (Wildman–Crippen LogP) is 4.86. The lowest BCUT2D eigenvalue weighted by atomic mass is 9.97. The van der Waals surface area contributed by atoms with Crippen LogP contribution in [0.4, 0.5) is 4.39 Å². The van der Waals surface area contributed by atoms with Crippen molar-refractivity contribution in [3.05, 3.63) is 66.1 Å². The van der Waals surface area contributed by atoms with E-state index in [1.807, 2.05) is 29.1 Å². The van der Waals surface area contributed by atoms with E-state index in [0.717, 1.165) is 40.9 Å². The molecule has 3 aromatic rings. The van der Waals surface area contributed by atoms with E-state index in [2.05, 4.69) is 19.9 Å². The molecule has 0 bridgehead atoms. The Balaban J connectivity index is 1.97. The Morgan fingerprint density at radius 2 is 1.80 bits per heavy atom. The summed E-state index contributed by atoms with van der Waals surface area (Å²) in [6, 6.07) is 14.7. The van der Waals surface area contributed by atoms with Gasteiger partial charge in [-0.3, -0.25) is 4.68 Å². The topological polar surface area (TPSA) is 43.8 Å². The first-order valence-electron chi connectivity index (χ1n) is 8.73. The van der Waals surface area contributed by atoms with E-state index in [9.17, 15) is 4.39 Å². The van der Waals surface area contributed by atoms with Gasteiger partial charge >= 0.3 is 0 Å². The van der Waals surface area contributed by atoms with Gasteiger partial charge in [0.15, 0.2) is 0 Å². The minimum absolute atomic E-state index is 0.230. The number of aromatic nitrogens is 2. The van der Waals surface area contributed by atoms with E-state index in [-0.39, 0.29) is 5.82 Å². The lowest BCUT2D eigenvalue weighted by molar-refractivity contribution is 0.439. The second-order valence-electron chi connectivity index (χ2n) is 6.52. The Morgan fingerprint density at radius 1 is 1.08 bits per heavy atom. The predicted molar refractivity (Wildman–Crippen MR) is 100 cm³/mol. The fourth-order valence-electron chi connectivity index (χ4n) is 2.87. The van der Waals surface area contributed by atoms with Gasteiger partial charge in [-0.2, -0.15) is 5.10 Å². The van der Waals surface area contributed by atoms with Crippen LogP contribution in [0.1, 0.15) is 25.8 Å². The molecule has 0 saturated carbocycles. The summed E-state index contributed by atoms with van der Waals surface area (Å²) in [5.74, 6) is 0.360. The Labute approximate surface area is 148 Å². The maximum absolute atomic E-state index is 13.2. The number of hydrogen-bond acceptors (Lipinski definition) is 2. The van der Waals surface area contributed by atoms with Crippen LogP contribution < -0.4 is 5.73 Å².